The number of nitrogens with zero attached hydrogens (tertiary/aromatic N) is 8. The third kappa shape index (κ3) is 8.33. The van der Waals surface area contributed by atoms with E-state index >= 15 is 8.78 Å². The third-order valence-corrected chi connectivity index (χ3v) is 14.8. The highest BCUT2D eigenvalue weighted by Gasteiger charge is 2.45. The fraction of sp³-hybridized carbons (Fsp3) is 0.455. The number of hydrogen-bond donors (Lipinski definition) is 3. The second-order valence-electron chi connectivity index (χ2n) is 17.1. The van der Waals surface area contributed by atoms with E-state index in [1.54, 1.807) is 36.1 Å². The van der Waals surface area contributed by atoms with Crippen molar-refractivity contribution in [2.75, 3.05) is 56.1 Å². The van der Waals surface area contributed by atoms with E-state index in [2.05, 4.69) is 25.0 Å². The van der Waals surface area contributed by atoms with E-state index in [4.69, 9.17) is 14.5 Å². The van der Waals surface area contributed by atoms with E-state index in [-0.39, 0.29) is 65.7 Å². The number of halogens is 2. The fourth-order valence-corrected chi connectivity index (χ4v) is 10.6. The van der Waals surface area contributed by atoms with E-state index in [1.165, 1.54) is 18.0 Å². The molecule has 336 valence electrons. The highest BCUT2D eigenvalue weighted by molar-refractivity contribution is 7.90. The van der Waals surface area contributed by atoms with Crippen LogP contribution >= 0.6 is 0 Å². The number of carbonyl (C=O) groups excluding carboxylic acids is 2. The summed E-state index contributed by atoms with van der Waals surface area (Å²) in [5.74, 6) is -1.39. The van der Waals surface area contributed by atoms with E-state index in [1.807, 2.05) is 12.1 Å². The van der Waals surface area contributed by atoms with Gasteiger partial charge in [0.25, 0.3) is 0 Å². The number of urea groups is 1. The SMILES string of the molecule is CN(CCO)S(=O)(=O)Nc1ccc(F)c(Oc2ccc3ncc([C@H]4COC5(CCN(C6CCC(c7cc8c(cc7F)c(N7CCC(=O)NC7=O)nn8C)CC6)CC5)C4)nc3c2)c1C#N. The summed E-state index contributed by atoms with van der Waals surface area (Å²) in [5.41, 5.74) is 2.43. The number of piperidine rings is 1. The Morgan fingerprint density at radius 1 is 1.05 bits per heavy atom. The van der Waals surface area contributed by atoms with Crippen LogP contribution in [0.4, 0.5) is 25.1 Å². The molecule has 17 nitrogen and oxygen atoms in total. The molecule has 3 aromatic carbocycles. The number of ether oxygens (including phenoxy) is 2. The summed E-state index contributed by atoms with van der Waals surface area (Å²) in [4.78, 5) is 37.7. The smallest absolute Gasteiger partial charge is 0.329 e. The van der Waals surface area contributed by atoms with Crippen molar-refractivity contribution in [3.05, 3.63) is 77.1 Å². The van der Waals surface area contributed by atoms with E-state index < -0.39 is 34.4 Å². The minimum Gasteiger partial charge on any atom is -0.453 e. The number of aliphatic hydroxyl groups excluding tert-OH is 1. The van der Waals surface area contributed by atoms with Gasteiger partial charge >= 0.3 is 16.2 Å². The van der Waals surface area contributed by atoms with Crippen molar-refractivity contribution >= 4 is 55.6 Å². The zero-order valence-corrected chi connectivity index (χ0v) is 36.2. The molecule has 4 fully saturated rings. The molecule has 3 saturated heterocycles. The van der Waals surface area contributed by atoms with Gasteiger partial charge in [-0.05, 0) is 92.8 Å². The lowest BCUT2D eigenvalue weighted by molar-refractivity contribution is -0.120. The molecule has 2 aromatic heterocycles. The maximum absolute atomic E-state index is 15.8. The summed E-state index contributed by atoms with van der Waals surface area (Å²) in [6, 6.07) is 12.0. The number of nitriles is 1. The largest absolute Gasteiger partial charge is 0.453 e. The third-order valence-electron chi connectivity index (χ3n) is 13.3. The van der Waals surface area contributed by atoms with Gasteiger partial charge < -0.3 is 19.5 Å². The summed E-state index contributed by atoms with van der Waals surface area (Å²) < 4.78 is 73.6. The van der Waals surface area contributed by atoms with Crippen LogP contribution in [-0.2, 0) is 26.8 Å². The Hall–Kier alpha value is -5.85. The van der Waals surface area contributed by atoms with Crippen LogP contribution in [0.15, 0.2) is 48.7 Å². The second-order valence-corrected chi connectivity index (χ2v) is 18.9. The molecule has 3 aliphatic heterocycles. The molecule has 0 radical (unpaired) electrons. The number of anilines is 2. The van der Waals surface area contributed by atoms with Crippen LogP contribution in [0.25, 0.3) is 21.9 Å². The molecule has 1 atom stereocenters. The molecule has 0 bridgehead atoms. The fourth-order valence-electron chi connectivity index (χ4n) is 9.70. The number of aryl methyl sites for hydroxylation is 1. The van der Waals surface area contributed by atoms with Crippen LogP contribution in [-0.4, -0.2) is 112 Å². The number of benzene rings is 3. The van der Waals surface area contributed by atoms with Crippen molar-refractivity contribution in [2.45, 2.75) is 74.8 Å². The highest BCUT2D eigenvalue weighted by atomic mass is 32.2. The van der Waals surface area contributed by atoms with Gasteiger partial charge in [0, 0.05) is 76.3 Å². The standard InChI is InChI=1S/C44H48F2N10O7S/c1-53(17-18-57)64(60,61)52-35-10-8-33(45)41(32(35)23-47)63-29-7-9-36-37(19-29)49-38(24-48-36)27-22-44(62-25-27)12-15-55(16-13-44)28-5-3-26(4-6-28)30-21-39-31(20-34(30)46)42(51-54(39)2)56-14-11-40(58)50-43(56)59/h7-10,19-21,24,26-28,52,57H,3-6,11-18,22,25H2,1-2H3,(H,50,58,59)/t26?,27-,28?/m1/s1. The van der Waals surface area contributed by atoms with Crippen LogP contribution in [0.5, 0.6) is 11.5 Å². The lowest BCUT2D eigenvalue weighted by Gasteiger charge is -2.44. The number of aromatic nitrogens is 4. The van der Waals surface area contributed by atoms with Gasteiger partial charge in [-0.2, -0.15) is 23.1 Å². The topological polar surface area (TPSA) is 208 Å². The van der Waals surface area contributed by atoms with Gasteiger partial charge in [-0.15, -0.1) is 0 Å². The zero-order chi connectivity index (χ0) is 44.9. The van der Waals surface area contributed by atoms with Crippen molar-refractivity contribution in [1.29, 1.82) is 5.26 Å². The summed E-state index contributed by atoms with van der Waals surface area (Å²) in [6.45, 7) is 1.86. The Kier molecular flexibility index (Phi) is 11.7. The molecule has 1 spiro atoms. The van der Waals surface area contributed by atoms with Gasteiger partial charge in [-0.3, -0.25) is 29.4 Å². The van der Waals surface area contributed by atoms with Gasteiger partial charge in [0.2, 0.25) is 5.91 Å². The number of amides is 3. The summed E-state index contributed by atoms with van der Waals surface area (Å²) >= 11 is 0. The lowest BCUT2D eigenvalue weighted by atomic mass is 9.79. The number of likely N-dealkylation sites (tertiary alicyclic amines) is 1. The van der Waals surface area contributed by atoms with E-state index in [0.717, 1.165) is 85.7 Å². The molecule has 1 saturated carbocycles. The number of likely N-dealkylation sites (N-methyl/N-ethyl adjacent to an activating group) is 1. The van der Waals surface area contributed by atoms with Crippen LogP contribution in [0.2, 0.25) is 0 Å². The first kappa shape index (κ1) is 43.4. The van der Waals surface area contributed by atoms with E-state index in [0.29, 0.717) is 40.4 Å². The first-order chi connectivity index (χ1) is 30.7. The van der Waals surface area contributed by atoms with Crippen LogP contribution in [0.1, 0.15) is 80.0 Å². The highest BCUT2D eigenvalue weighted by Crippen LogP contribution is 2.45. The number of hydrogen-bond acceptors (Lipinski definition) is 12. The molecule has 5 aromatic rings. The lowest BCUT2D eigenvalue weighted by Crippen LogP contribution is -2.49. The molecule has 5 heterocycles. The Balaban J connectivity index is 0.816. The van der Waals surface area contributed by atoms with Gasteiger partial charge in [0.1, 0.15) is 23.2 Å². The minimum absolute atomic E-state index is 0.00344. The predicted molar refractivity (Wildman–Crippen MR) is 231 cm³/mol. The molecular formula is C44H48F2N10O7S. The number of imide groups is 1. The second kappa shape index (κ2) is 17.3. The Labute approximate surface area is 368 Å². The summed E-state index contributed by atoms with van der Waals surface area (Å²) in [7, 11) is -1.12. The minimum atomic E-state index is -4.16. The normalized spacial score (nSPS) is 21.8. The van der Waals surface area contributed by atoms with E-state index in [9.17, 15) is 28.4 Å². The first-order valence-corrected chi connectivity index (χ1v) is 22.9. The maximum Gasteiger partial charge on any atom is 0.329 e. The molecule has 0 unspecified atom stereocenters. The number of nitrogens with one attached hydrogen (secondary N) is 2. The van der Waals surface area contributed by atoms with Crippen molar-refractivity contribution in [1.82, 2.24) is 34.3 Å². The van der Waals surface area contributed by atoms with Gasteiger partial charge in [-0.1, -0.05) is 0 Å². The molecule has 4 aliphatic rings. The Bertz CT molecular complexity index is 2800. The van der Waals surface area contributed by atoms with Gasteiger partial charge in [0.15, 0.2) is 17.4 Å². The number of carbonyl (C=O) groups is 2. The molecule has 3 amide bonds. The monoisotopic (exact) mass is 898 g/mol. The molecule has 1 aliphatic carbocycles. The van der Waals surface area contributed by atoms with Crippen molar-refractivity contribution in [3.63, 3.8) is 0 Å². The Morgan fingerprint density at radius 2 is 1.83 bits per heavy atom. The maximum atomic E-state index is 15.8. The predicted octanol–water partition coefficient (Wildman–Crippen LogP) is 5.55. The molecular weight excluding hydrogens is 851 g/mol. The number of fused-ring (bicyclic) bond motifs is 2. The molecule has 20 heteroatoms. The molecule has 64 heavy (non-hydrogen) atoms. The Morgan fingerprint density at radius 3 is 2.56 bits per heavy atom. The first-order valence-electron chi connectivity index (χ1n) is 21.4. The van der Waals surface area contributed by atoms with Gasteiger partial charge in [0.05, 0.1) is 46.7 Å². The zero-order valence-electron chi connectivity index (χ0n) is 35.4. The number of rotatable bonds is 11. The summed E-state index contributed by atoms with van der Waals surface area (Å²) in [5, 5.41) is 26.5. The molecule has 3 N–H and O–H groups in total. The average Bonchev–Trinajstić information content (AvgIpc) is 3.84. The van der Waals surface area contributed by atoms with Crippen molar-refractivity contribution < 1.29 is 41.4 Å². The average molecular weight is 899 g/mol. The van der Waals surface area contributed by atoms with Crippen LogP contribution in [0.3, 0.4) is 0 Å². The number of aliphatic hydroxyl groups is 1. The quantitative estimate of drug-likeness (QED) is 0.149. The van der Waals surface area contributed by atoms with Crippen molar-refractivity contribution in [3.8, 4) is 17.6 Å². The van der Waals surface area contributed by atoms with Crippen molar-refractivity contribution in [2.24, 2.45) is 7.05 Å². The van der Waals surface area contributed by atoms with Crippen LogP contribution in [0, 0.1) is 23.0 Å². The molecule has 9 rings (SSSR count). The van der Waals surface area contributed by atoms with Gasteiger partial charge in [-0.25, -0.2) is 18.6 Å². The van der Waals surface area contributed by atoms with Crippen LogP contribution < -0.4 is 19.7 Å². The summed E-state index contributed by atoms with van der Waals surface area (Å²) in [6.07, 6.45) is 8.06.